The molecular formula is C12H21N5. The van der Waals surface area contributed by atoms with Crippen molar-refractivity contribution in [3.8, 4) is 0 Å². The van der Waals surface area contributed by atoms with E-state index in [1.54, 1.807) is 6.20 Å². The predicted octanol–water partition coefficient (Wildman–Crippen LogP) is 1.05. The molecule has 1 aliphatic rings. The maximum atomic E-state index is 4.54. The number of likely N-dealkylation sites (N-methyl/N-ethyl adjacent to an activating group) is 1. The van der Waals surface area contributed by atoms with Gasteiger partial charge in [-0.15, -0.1) is 0 Å². The second-order valence-electron chi connectivity index (χ2n) is 4.78. The molecular weight excluding hydrogens is 214 g/mol. The zero-order valence-corrected chi connectivity index (χ0v) is 11.0. The zero-order valence-electron chi connectivity index (χ0n) is 11.0. The molecule has 1 fully saturated rings. The molecule has 2 rings (SSSR count). The molecule has 2 atom stereocenters. The van der Waals surface area contributed by atoms with Crippen molar-refractivity contribution in [1.29, 1.82) is 0 Å². The summed E-state index contributed by atoms with van der Waals surface area (Å²) in [7, 11) is 4.05. The Morgan fingerprint density at radius 2 is 1.88 bits per heavy atom. The number of nitrogens with one attached hydrogen (secondary N) is 1. The third-order valence-electron chi connectivity index (χ3n) is 3.56. The Balaban J connectivity index is 2.16. The van der Waals surface area contributed by atoms with Crippen LogP contribution in [0.15, 0.2) is 12.4 Å². The maximum absolute atomic E-state index is 4.54. The van der Waals surface area contributed by atoms with Crippen LogP contribution in [-0.2, 0) is 0 Å². The highest BCUT2D eigenvalue weighted by molar-refractivity contribution is 5.44. The highest BCUT2D eigenvalue weighted by Gasteiger charge is 2.27. The molecule has 1 aliphatic heterocycles. The standard InChI is InChI=1S/C12H21N5/c1-9-7-17(8-10(2)16(9)4)12-6-14-5-11(13-3)15-12/h5-6,9-10H,7-8H2,1-4H3,(H,13,15). The van der Waals surface area contributed by atoms with Crippen molar-refractivity contribution in [3.05, 3.63) is 12.4 Å². The Bertz CT molecular complexity index is 369. The highest BCUT2D eigenvalue weighted by atomic mass is 15.3. The first-order valence-corrected chi connectivity index (χ1v) is 6.08. The monoisotopic (exact) mass is 235 g/mol. The predicted molar refractivity (Wildman–Crippen MR) is 70.5 cm³/mol. The van der Waals surface area contributed by atoms with E-state index < -0.39 is 0 Å². The van der Waals surface area contributed by atoms with E-state index in [1.807, 2.05) is 13.2 Å². The second kappa shape index (κ2) is 4.87. The van der Waals surface area contributed by atoms with E-state index >= 15 is 0 Å². The van der Waals surface area contributed by atoms with Crippen LogP contribution in [0.5, 0.6) is 0 Å². The van der Waals surface area contributed by atoms with Gasteiger partial charge in [-0.3, -0.25) is 9.88 Å². The van der Waals surface area contributed by atoms with E-state index in [0.717, 1.165) is 24.7 Å². The maximum Gasteiger partial charge on any atom is 0.149 e. The number of piperazine rings is 1. The Kier molecular flexibility index (Phi) is 3.47. The van der Waals surface area contributed by atoms with E-state index in [2.05, 4.69) is 46.0 Å². The van der Waals surface area contributed by atoms with Crippen LogP contribution in [0, 0.1) is 0 Å². The van der Waals surface area contributed by atoms with E-state index in [4.69, 9.17) is 0 Å². The van der Waals surface area contributed by atoms with Crippen LogP contribution in [0.4, 0.5) is 11.6 Å². The summed E-state index contributed by atoms with van der Waals surface area (Å²) < 4.78 is 0. The molecule has 5 nitrogen and oxygen atoms in total. The number of rotatable bonds is 2. The van der Waals surface area contributed by atoms with Gasteiger partial charge in [0.1, 0.15) is 11.6 Å². The van der Waals surface area contributed by atoms with E-state index in [0.29, 0.717) is 12.1 Å². The van der Waals surface area contributed by atoms with Gasteiger partial charge in [-0.2, -0.15) is 0 Å². The molecule has 0 aliphatic carbocycles. The molecule has 2 unspecified atom stereocenters. The molecule has 0 saturated carbocycles. The van der Waals surface area contributed by atoms with E-state index in [-0.39, 0.29) is 0 Å². The van der Waals surface area contributed by atoms with Gasteiger partial charge < -0.3 is 10.2 Å². The number of nitrogens with zero attached hydrogens (tertiary/aromatic N) is 4. The van der Waals surface area contributed by atoms with Gasteiger partial charge in [0.2, 0.25) is 0 Å². The topological polar surface area (TPSA) is 44.3 Å². The molecule has 0 aromatic carbocycles. The summed E-state index contributed by atoms with van der Waals surface area (Å²) in [5.74, 6) is 1.78. The van der Waals surface area contributed by atoms with Crippen molar-refractivity contribution >= 4 is 11.6 Å². The normalized spacial score (nSPS) is 26.0. The van der Waals surface area contributed by atoms with Crippen molar-refractivity contribution in [2.24, 2.45) is 0 Å². The fourth-order valence-electron chi connectivity index (χ4n) is 2.22. The van der Waals surface area contributed by atoms with E-state index in [1.165, 1.54) is 0 Å². The van der Waals surface area contributed by atoms with E-state index in [9.17, 15) is 0 Å². The van der Waals surface area contributed by atoms with Crippen LogP contribution in [-0.4, -0.2) is 54.1 Å². The molecule has 1 aromatic heterocycles. The lowest BCUT2D eigenvalue weighted by molar-refractivity contribution is 0.169. The number of hydrogen-bond acceptors (Lipinski definition) is 5. The van der Waals surface area contributed by atoms with Crippen LogP contribution in [0.1, 0.15) is 13.8 Å². The minimum Gasteiger partial charge on any atom is -0.372 e. The number of hydrogen-bond donors (Lipinski definition) is 1. The smallest absolute Gasteiger partial charge is 0.149 e. The molecule has 5 heteroatoms. The first-order valence-electron chi connectivity index (χ1n) is 6.08. The minimum absolute atomic E-state index is 0.541. The molecule has 1 N–H and O–H groups in total. The molecule has 1 aromatic rings. The third-order valence-corrected chi connectivity index (χ3v) is 3.56. The molecule has 0 spiro atoms. The van der Waals surface area contributed by atoms with Crippen molar-refractivity contribution in [1.82, 2.24) is 14.9 Å². The van der Waals surface area contributed by atoms with Crippen LogP contribution in [0.25, 0.3) is 0 Å². The van der Waals surface area contributed by atoms with Gasteiger partial charge in [-0.05, 0) is 20.9 Å². The van der Waals surface area contributed by atoms with Gasteiger partial charge in [0.05, 0.1) is 12.4 Å². The first kappa shape index (κ1) is 12.1. The van der Waals surface area contributed by atoms with Crippen LogP contribution in [0.3, 0.4) is 0 Å². The van der Waals surface area contributed by atoms with Gasteiger partial charge in [0.15, 0.2) is 0 Å². The third kappa shape index (κ3) is 2.49. The molecule has 0 bridgehead atoms. The summed E-state index contributed by atoms with van der Waals surface area (Å²) >= 11 is 0. The molecule has 0 amide bonds. The number of anilines is 2. The molecule has 0 radical (unpaired) electrons. The Labute approximate surface area is 103 Å². The lowest BCUT2D eigenvalue weighted by Crippen LogP contribution is -2.55. The van der Waals surface area contributed by atoms with Crippen LogP contribution < -0.4 is 10.2 Å². The van der Waals surface area contributed by atoms with Gasteiger partial charge in [0, 0.05) is 32.2 Å². The van der Waals surface area contributed by atoms with Gasteiger partial charge in [-0.1, -0.05) is 0 Å². The summed E-state index contributed by atoms with van der Waals surface area (Å²) in [5, 5.41) is 3.03. The van der Waals surface area contributed by atoms with Gasteiger partial charge >= 0.3 is 0 Å². The highest BCUT2D eigenvalue weighted by Crippen LogP contribution is 2.19. The fraction of sp³-hybridized carbons (Fsp3) is 0.667. The number of aromatic nitrogens is 2. The zero-order chi connectivity index (χ0) is 12.4. The summed E-state index contributed by atoms with van der Waals surface area (Å²) in [6.07, 6.45) is 3.58. The van der Waals surface area contributed by atoms with Gasteiger partial charge in [0.25, 0.3) is 0 Å². The quantitative estimate of drug-likeness (QED) is 0.830. The van der Waals surface area contributed by atoms with Crippen molar-refractivity contribution in [3.63, 3.8) is 0 Å². The molecule has 17 heavy (non-hydrogen) atoms. The Hall–Kier alpha value is -1.36. The summed E-state index contributed by atoms with van der Waals surface area (Å²) in [6, 6.07) is 1.08. The van der Waals surface area contributed by atoms with Crippen LogP contribution in [0.2, 0.25) is 0 Å². The largest absolute Gasteiger partial charge is 0.372 e. The fourth-order valence-corrected chi connectivity index (χ4v) is 2.22. The Morgan fingerprint density at radius 1 is 1.24 bits per heavy atom. The average molecular weight is 235 g/mol. The summed E-state index contributed by atoms with van der Waals surface area (Å²) in [5.41, 5.74) is 0. The van der Waals surface area contributed by atoms with Gasteiger partial charge in [-0.25, -0.2) is 4.98 Å². The summed E-state index contributed by atoms with van der Waals surface area (Å²) in [6.45, 7) is 6.50. The van der Waals surface area contributed by atoms with Crippen molar-refractivity contribution in [2.75, 3.05) is 37.4 Å². The van der Waals surface area contributed by atoms with Crippen molar-refractivity contribution < 1.29 is 0 Å². The lowest BCUT2D eigenvalue weighted by atomic mass is 10.1. The lowest BCUT2D eigenvalue weighted by Gasteiger charge is -2.42. The SMILES string of the molecule is CNc1cncc(N2CC(C)N(C)C(C)C2)n1. The summed E-state index contributed by atoms with van der Waals surface area (Å²) in [4.78, 5) is 13.5. The van der Waals surface area contributed by atoms with Crippen LogP contribution >= 0.6 is 0 Å². The second-order valence-corrected chi connectivity index (χ2v) is 4.78. The molecule has 2 heterocycles. The Morgan fingerprint density at radius 3 is 2.47 bits per heavy atom. The first-order chi connectivity index (χ1) is 8.11. The van der Waals surface area contributed by atoms with Crippen molar-refractivity contribution in [2.45, 2.75) is 25.9 Å². The molecule has 1 saturated heterocycles. The molecule has 94 valence electrons. The minimum atomic E-state index is 0.541. The average Bonchev–Trinajstić information content (AvgIpc) is 2.35.